The van der Waals surface area contributed by atoms with E-state index in [1.165, 1.54) is 0 Å². The van der Waals surface area contributed by atoms with E-state index in [4.69, 9.17) is 9.78 Å². The molecule has 0 aliphatic heterocycles. The predicted octanol–water partition coefficient (Wildman–Crippen LogP) is 2.17. The van der Waals surface area contributed by atoms with Gasteiger partial charge in [0.05, 0.1) is 6.07 Å². The zero-order valence-corrected chi connectivity index (χ0v) is 7.87. The van der Waals surface area contributed by atoms with Gasteiger partial charge >= 0.3 is 0 Å². The van der Waals surface area contributed by atoms with Gasteiger partial charge in [-0.2, -0.15) is 5.26 Å². The van der Waals surface area contributed by atoms with Crippen molar-refractivity contribution in [1.29, 1.82) is 5.26 Å². The van der Waals surface area contributed by atoms with Crippen LogP contribution in [0.2, 0.25) is 0 Å². The van der Waals surface area contributed by atoms with Crippen LogP contribution in [0.5, 0.6) is 0 Å². The van der Waals surface area contributed by atoms with Crippen LogP contribution >= 0.6 is 0 Å². The second kappa shape index (κ2) is 2.59. The lowest BCUT2D eigenvalue weighted by molar-refractivity contribution is 0.204. The molecule has 1 aliphatic rings. The topological polar surface area (TPSA) is 49.8 Å². The van der Waals surface area contributed by atoms with Crippen molar-refractivity contribution in [2.45, 2.75) is 32.1 Å². The quantitative estimate of drug-likeness (QED) is 0.658. The molecule has 3 nitrogen and oxygen atoms in total. The highest BCUT2D eigenvalue weighted by molar-refractivity contribution is 5.30. The summed E-state index contributed by atoms with van der Waals surface area (Å²) in [6, 6.07) is 4.22. The molecule has 68 valence electrons. The molecule has 1 aliphatic carbocycles. The molecule has 0 atom stereocenters. The van der Waals surface area contributed by atoms with Crippen LogP contribution in [0.15, 0.2) is 10.6 Å². The molecule has 1 saturated carbocycles. The summed E-state index contributed by atoms with van der Waals surface area (Å²) < 4.78 is 4.98. The van der Waals surface area contributed by atoms with Crippen molar-refractivity contribution >= 4 is 0 Å². The van der Waals surface area contributed by atoms with E-state index in [0.717, 1.165) is 24.3 Å². The maximum atomic E-state index is 9.09. The molecular formula is C10H12N2O. The first-order chi connectivity index (χ1) is 6.16. The number of nitrogens with zero attached hydrogens (tertiary/aromatic N) is 2. The highest BCUT2D eigenvalue weighted by Crippen LogP contribution is 2.46. The lowest BCUT2D eigenvalue weighted by Crippen LogP contribution is -2.38. The minimum absolute atomic E-state index is 0.350. The molecule has 0 aromatic carbocycles. The SMILES string of the molecule is Cc1cc(C2(C#N)CC(C)C2)no1. The molecule has 1 heterocycles. The van der Waals surface area contributed by atoms with E-state index in [-0.39, 0.29) is 5.41 Å². The van der Waals surface area contributed by atoms with Gasteiger partial charge < -0.3 is 4.52 Å². The molecule has 2 rings (SSSR count). The van der Waals surface area contributed by atoms with Gasteiger partial charge in [0.2, 0.25) is 0 Å². The fourth-order valence-electron chi connectivity index (χ4n) is 2.08. The standard InChI is InChI=1S/C10H12N2O/c1-7-4-10(5-7,6-11)9-3-8(2)13-12-9/h3,7H,4-5H2,1-2H3. The van der Waals surface area contributed by atoms with Crippen LogP contribution in [0, 0.1) is 24.2 Å². The Balaban J connectivity index is 2.30. The Morgan fingerprint density at radius 1 is 1.69 bits per heavy atom. The molecule has 0 radical (unpaired) electrons. The van der Waals surface area contributed by atoms with Gasteiger partial charge in [0.15, 0.2) is 0 Å². The molecule has 0 saturated heterocycles. The van der Waals surface area contributed by atoms with E-state index in [1.807, 2.05) is 13.0 Å². The Labute approximate surface area is 77.3 Å². The van der Waals surface area contributed by atoms with E-state index < -0.39 is 0 Å². The molecule has 1 aromatic heterocycles. The largest absolute Gasteiger partial charge is 0.361 e. The number of hydrogen-bond acceptors (Lipinski definition) is 3. The van der Waals surface area contributed by atoms with Gasteiger partial charge in [-0.05, 0) is 25.7 Å². The third-order valence-electron chi connectivity index (χ3n) is 2.73. The van der Waals surface area contributed by atoms with Gasteiger partial charge in [-0.25, -0.2) is 0 Å². The first-order valence-corrected chi connectivity index (χ1v) is 4.51. The highest BCUT2D eigenvalue weighted by Gasteiger charge is 2.46. The first-order valence-electron chi connectivity index (χ1n) is 4.51. The van der Waals surface area contributed by atoms with Gasteiger partial charge in [0.1, 0.15) is 16.9 Å². The third-order valence-corrected chi connectivity index (χ3v) is 2.73. The second-order valence-electron chi connectivity index (χ2n) is 4.03. The van der Waals surface area contributed by atoms with Gasteiger partial charge in [-0.15, -0.1) is 0 Å². The summed E-state index contributed by atoms with van der Waals surface area (Å²) in [4.78, 5) is 0. The number of aryl methyl sites for hydroxylation is 1. The van der Waals surface area contributed by atoms with Crippen molar-refractivity contribution < 1.29 is 4.52 Å². The molecule has 0 N–H and O–H groups in total. The van der Waals surface area contributed by atoms with E-state index in [1.54, 1.807) is 0 Å². The van der Waals surface area contributed by atoms with E-state index in [2.05, 4.69) is 18.1 Å². The molecule has 1 aromatic rings. The summed E-state index contributed by atoms with van der Waals surface area (Å²) in [5, 5.41) is 13.0. The van der Waals surface area contributed by atoms with E-state index in [9.17, 15) is 0 Å². The molecule has 0 spiro atoms. The van der Waals surface area contributed by atoms with Crippen LogP contribution in [0.3, 0.4) is 0 Å². The van der Waals surface area contributed by atoms with Crippen molar-refractivity contribution in [2.24, 2.45) is 5.92 Å². The lowest BCUT2D eigenvalue weighted by atomic mass is 9.62. The minimum atomic E-state index is -0.350. The van der Waals surface area contributed by atoms with Gasteiger partial charge in [0, 0.05) is 6.07 Å². The Morgan fingerprint density at radius 3 is 2.77 bits per heavy atom. The van der Waals surface area contributed by atoms with Crippen molar-refractivity contribution in [2.75, 3.05) is 0 Å². The second-order valence-corrected chi connectivity index (χ2v) is 4.03. The lowest BCUT2D eigenvalue weighted by Gasteiger charge is -2.38. The van der Waals surface area contributed by atoms with Crippen LogP contribution < -0.4 is 0 Å². The molecule has 0 amide bonds. The normalized spacial score (nSPS) is 32.2. The van der Waals surface area contributed by atoms with Gasteiger partial charge in [-0.3, -0.25) is 0 Å². The Hall–Kier alpha value is -1.30. The summed E-state index contributed by atoms with van der Waals surface area (Å²) in [5.74, 6) is 1.42. The number of hydrogen-bond donors (Lipinski definition) is 0. The van der Waals surface area contributed by atoms with Gasteiger partial charge in [0.25, 0.3) is 0 Å². The summed E-state index contributed by atoms with van der Waals surface area (Å²) in [5.41, 5.74) is 0.461. The average molecular weight is 176 g/mol. The van der Waals surface area contributed by atoms with Crippen molar-refractivity contribution in [3.05, 3.63) is 17.5 Å². The molecule has 0 unspecified atom stereocenters. The minimum Gasteiger partial charge on any atom is -0.361 e. The van der Waals surface area contributed by atoms with Crippen LogP contribution in [0.25, 0.3) is 0 Å². The smallest absolute Gasteiger partial charge is 0.133 e. The summed E-state index contributed by atoms with van der Waals surface area (Å²) in [6.07, 6.45) is 1.82. The van der Waals surface area contributed by atoms with Gasteiger partial charge in [-0.1, -0.05) is 12.1 Å². The molecule has 13 heavy (non-hydrogen) atoms. The maximum absolute atomic E-state index is 9.09. The summed E-state index contributed by atoms with van der Waals surface area (Å²) in [7, 11) is 0. The van der Waals surface area contributed by atoms with Crippen molar-refractivity contribution in [1.82, 2.24) is 5.16 Å². The number of nitriles is 1. The summed E-state index contributed by atoms with van der Waals surface area (Å²) in [6.45, 7) is 4.01. The van der Waals surface area contributed by atoms with E-state index >= 15 is 0 Å². The fraction of sp³-hybridized carbons (Fsp3) is 0.600. The van der Waals surface area contributed by atoms with Crippen molar-refractivity contribution in [3.8, 4) is 6.07 Å². The zero-order chi connectivity index (χ0) is 9.47. The monoisotopic (exact) mass is 176 g/mol. The average Bonchev–Trinajstić information content (AvgIpc) is 2.46. The maximum Gasteiger partial charge on any atom is 0.133 e. The van der Waals surface area contributed by atoms with Crippen LogP contribution in [-0.4, -0.2) is 5.16 Å². The van der Waals surface area contributed by atoms with E-state index in [0.29, 0.717) is 5.92 Å². The first kappa shape index (κ1) is 8.31. The molecule has 1 fully saturated rings. The zero-order valence-electron chi connectivity index (χ0n) is 7.87. The molecule has 3 heteroatoms. The Morgan fingerprint density at radius 2 is 2.38 bits per heavy atom. The Kier molecular flexibility index (Phi) is 1.66. The fourth-order valence-corrected chi connectivity index (χ4v) is 2.08. The number of rotatable bonds is 1. The van der Waals surface area contributed by atoms with Crippen LogP contribution in [0.1, 0.15) is 31.2 Å². The third kappa shape index (κ3) is 1.14. The van der Waals surface area contributed by atoms with Crippen LogP contribution in [-0.2, 0) is 5.41 Å². The van der Waals surface area contributed by atoms with Crippen molar-refractivity contribution in [3.63, 3.8) is 0 Å². The molecule has 0 bridgehead atoms. The van der Waals surface area contributed by atoms with Crippen LogP contribution in [0.4, 0.5) is 0 Å². The number of aromatic nitrogens is 1. The predicted molar refractivity (Wildman–Crippen MR) is 46.9 cm³/mol. The molecular weight excluding hydrogens is 164 g/mol. The Bertz CT molecular complexity index is 355. The summed E-state index contributed by atoms with van der Waals surface area (Å²) >= 11 is 0. The highest BCUT2D eigenvalue weighted by atomic mass is 16.5.